The van der Waals surface area contributed by atoms with E-state index in [0.29, 0.717) is 0 Å². The Morgan fingerprint density at radius 3 is 2.76 bits per heavy atom. The van der Waals surface area contributed by atoms with Crippen LogP contribution in [0.1, 0.15) is 24.2 Å². The van der Waals surface area contributed by atoms with Crippen molar-refractivity contribution in [3.8, 4) is 5.75 Å². The summed E-state index contributed by atoms with van der Waals surface area (Å²) in [6, 6.07) is 12.4. The van der Waals surface area contributed by atoms with Gasteiger partial charge in [-0.15, -0.1) is 0 Å². The number of benzene rings is 1. The molecule has 0 fully saturated rings. The van der Waals surface area contributed by atoms with Gasteiger partial charge in [0.25, 0.3) is 0 Å². The highest BCUT2D eigenvalue weighted by molar-refractivity contribution is 5.35. The fraction of sp³-hybridized carbons (Fsp3) is 0.286. The Bertz CT molecular complexity index is 451. The lowest BCUT2D eigenvalue weighted by molar-refractivity contribution is 0.401. The van der Waals surface area contributed by atoms with Gasteiger partial charge in [0, 0.05) is 30.0 Å². The van der Waals surface area contributed by atoms with Gasteiger partial charge >= 0.3 is 0 Å². The van der Waals surface area contributed by atoms with Crippen molar-refractivity contribution in [1.82, 2.24) is 10.3 Å². The van der Waals surface area contributed by atoms with E-state index in [1.807, 2.05) is 30.5 Å². The van der Waals surface area contributed by atoms with Crippen LogP contribution in [-0.4, -0.2) is 12.1 Å². The fourth-order valence-electron chi connectivity index (χ4n) is 1.87. The molecule has 0 aliphatic heterocycles. The third kappa shape index (κ3) is 2.88. The van der Waals surface area contributed by atoms with Crippen molar-refractivity contribution in [2.24, 2.45) is 0 Å². The summed E-state index contributed by atoms with van der Waals surface area (Å²) in [4.78, 5) is 3.18. The Morgan fingerprint density at radius 2 is 2.06 bits per heavy atom. The van der Waals surface area contributed by atoms with E-state index >= 15 is 0 Å². The lowest BCUT2D eigenvalue weighted by Crippen LogP contribution is -2.18. The van der Waals surface area contributed by atoms with Crippen LogP contribution in [0.15, 0.2) is 42.6 Å². The van der Waals surface area contributed by atoms with Crippen LogP contribution >= 0.6 is 0 Å². The van der Waals surface area contributed by atoms with Gasteiger partial charge in [0.15, 0.2) is 0 Å². The quantitative estimate of drug-likeness (QED) is 0.828. The lowest BCUT2D eigenvalue weighted by Gasteiger charge is -2.16. The zero-order valence-electron chi connectivity index (χ0n) is 10.2. The molecular formula is C14H18N2O. The number of rotatable bonds is 5. The highest BCUT2D eigenvalue weighted by Gasteiger charge is 2.09. The normalized spacial score (nSPS) is 12.4. The van der Waals surface area contributed by atoms with Crippen molar-refractivity contribution in [3.63, 3.8) is 0 Å². The number of nitrogens with one attached hydrogen (secondary N) is 2. The first kappa shape index (κ1) is 11.7. The molecule has 17 heavy (non-hydrogen) atoms. The molecule has 0 radical (unpaired) electrons. The molecule has 0 saturated carbocycles. The Kier molecular flexibility index (Phi) is 3.83. The predicted molar refractivity (Wildman–Crippen MR) is 69.0 cm³/mol. The lowest BCUT2D eigenvalue weighted by atomic mass is 10.1. The van der Waals surface area contributed by atoms with Crippen molar-refractivity contribution in [3.05, 3.63) is 53.9 Å². The second-order valence-electron chi connectivity index (χ2n) is 4.04. The first-order chi connectivity index (χ1) is 8.31. The Balaban J connectivity index is 2.01. The average Bonchev–Trinajstić information content (AvgIpc) is 2.89. The maximum Gasteiger partial charge on any atom is 0.123 e. The monoisotopic (exact) mass is 230 g/mol. The van der Waals surface area contributed by atoms with Crippen molar-refractivity contribution in [2.45, 2.75) is 19.5 Å². The summed E-state index contributed by atoms with van der Waals surface area (Å²) in [6.07, 6.45) is 1.94. The highest BCUT2D eigenvalue weighted by atomic mass is 16.5. The minimum Gasteiger partial charge on any atom is -0.496 e. The summed E-state index contributed by atoms with van der Waals surface area (Å²) in [5.41, 5.74) is 2.37. The van der Waals surface area contributed by atoms with Gasteiger partial charge in [-0.05, 0) is 25.1 Å². The van der Waals surface area contributed by atoms with Gasteiger partial charge in [0.05, 0.1) is 7.11 Å². The van der Waals surface area contributed by atoms with Crippen LogP contribution in [0.3, 0.4) is 0 Å². The van der Waals surface area contributed by atoms with Crippen LogP contribution < -0.4 is 10.1 Å². The second-order valence-corrected chi connectivity index (χ2v) is 4.04. The number of aromatic nitrogens is 1. The molecule has 0 bridgehead atoms. The molecule has 0 aliphatic rings. The van der Waals surface area contributed by atoms with Crippen LogP contribution in [0.25, 0.3) is 0 Å². The summed E-state index contributed by atoms with van der Waals surface area (Å²) in [7, 11) is 1.70. The number of para-hydroxylation sites is 1. The molecule has 0 spiro atoms. The van der Waals surface area contributed by atoms with Gasteiger partial charge in [-0.3, -0.25) is 0 Å². The van der Waals surface area contributed by atoms with Gasteiger partial charge < -0.3 is 15.0 Å². The molecule has 2 aromatic rings. The predicted octanol–water partition coefficient (Wildman–Crippen LogP) is 2.87. The summed E-state index contributed by atoms with van der Waals surface area (Å²) < 4.78 is 5.36. The molecule has 0 unspecified atom stereocenters. The Hall–Kier alpha value is -1.74. The number of ether oxygens (including phenoxy) is 1. The Morgan fingerprint density at radius 1 is 1.24 bits per heavy atom. The Labute approximate surface area is 102 Å². The standard InChI is InChI=1S/C14H18N2O/c1-11(16-10-12-6-5-9-15-12)13-7-3-4-8-14(13)17-2/h3-9,11,15-16H,10H2,1-2H3/t11-/m0/s1. The van der Waals surface area contributed by atoms with E-state index < -0.39 is 0 Å². The van der Waals surface area contributed by atoms with E-state index in [9.17, 15) is 0 Å². The van der Waals surface area contributed by atoms with E-state index in [1.54, 1.807) is 7.11 Å². The molecule has 90 valence electrons. The smallest absolute Gasteiger partial charge is 0.123 e. The van der Waals surface area contributed by atoms with Gasteiger partial charge in [-0.2, -0.15) is 0 Å². The third-order valence-electron chi connectivity index (χ3n) is 2.87. The summed E-state index contributed by atoms with van der Waals surface area (Å²) in [5.74, 6) is 0.930. The zero-order valence-corrected chi connectivity index (χ0v) is 10.2. The van der Waals surface area contributed by atoms with E-state index in [1.165, 1.54) is 11.3 Å². The summed E-state index contributed by atoms with van der Waals surface area (Å²) >= 11 is 0. The molecule has 1 heterocycles. The minimum absolute atomic E-state index is 0.259. The number of hydrogen-bond acceptors (Lipinski definition) is 2. The van der Waals surface area contributed by atoms with Crippen LogP contribution in [0.5, 0.6) is 5.75 Å². The fourth-order valence-corrected chi connectivity index (χ4v) is 1.87. The second kappa shape index (κ2) is 5.55. The van der Waals surface area contributed by atoms with Crippen LogP contribution in [0, 0.1) is 0 Å². The average molecular weight is 230 g/mol. The molecule has 0 amide bonds. The third-order valence-corrected chi connectivity index (χ3v) is 2.87. The maximum atomic E-state index is 5.36. The molecule has 0 aliphatic carbocycles. The zero-order chi connectivity index (χ0) is 12.1. The molecule has 0 saturated heterocycles. The molecule has 3 nitrogen and oxygen atoms in total. The number of H-pyrrole nitrogens is 1. The minimum atomic E-state index is 0.259. The maximum absolute atomic E-state index is 5.36. The van der Waals surface area contributed by atoms with Crippen molar-refractivity contribution >= 4 is 0 Å². The van der Waals surface area contributed by atoms with Gasteiger partial charge in [-0.1, -0.05) is 18.2 Å². The van der Waals surface area contributed by atoms with Gasteiger partial charge in [0.2, 0.25) is 0 Å². The topological polar surface area (TPSA) is 37.0 Å². The summed E-state index contributed by atoms with van der Waals surface area (Å²) in [5, 5.41) is 3.46. The van der Waals surface area contributed by atoms with Crippen molar-refractivity contribution < 1.29 is 4.74 Å². The molecule has 1 atom stereocenters. The van der Waals surface area contributed by atoms with E-state index in [0.717, 1.165) is 12.3 Å². The van der Waals surface area contributed by atoms with Gasteiger partial charge in [0.1, 0.15) is 5.75 Å². The first-order valence-corrected chi connectivity index (χ1v) is 5.80. The number of methoxy groups -OCH3 is 1. The van der Waals surface area contributed by atoms with Crippen LogP contribution in [0.4, 0.5) is 0 Å². The van der Waals surface area contributed by atoms with Gasteiger partial charge in [-0.25, -0.2) is 0 Å². The molecule has 1 aromatic heterocycles. The van der Waals surface area contributed by atoms with Crippen molar-refractivity contribution in [2.75, 3.05) is 7.11 Å². The number of hydrogen-bond donors (Lipinski definition) is 2. The SMILES string of the molecule is COc1ccccc1[C@H](C)NCc1ccc[nH]1. The van der Waals surface area contributed by atoms with Crippen LogP contribution in [0.2, 0.25) is 0 Å². The van der Waals surface area contributed by atoms with E-state index in [4.69, 9.17) is 4.74 Å². The summed E-state index contributed by atoms with van der Waals surface area (Å²) in [6.45, 7) is 2.97. The van der Waals surface area contributed by atoms with Crippen LogP contribution in [-0.2, 0) is 6.54 Å². The molecular weight excluding hydrogens is 212 g/mol. The van der Waals surface area contributed by atoms with Crippen molar-refractivity contribution in [1.29, 1.82) is 0 Å². The first-order valence-electron chi connectivity index (χ1n) is 5.80. The molecule has 1 aromatic carbocycles. The molecule has 2 N–H and O–H groups in total. The molecule has 3 heteroatoms. The number of aromatic amines is 1. The van der Waals surface area contributed by atoms with E-state index in [2.05, 4.69) is 29.4 Å². The van der Waals surface area contributed by atoms with E-state index in [-0.39, 0.29) is 6.04 Å². The largest absolute Gasteiger partial charge is 0.496 e. The highest BCUT2D eigenvalue weighted by Crippen LogP contribution is 2.24. The molecule has 2 rings (SSSR count).